The van der Waals surface area contributed by atoms with E-state index in [2.05, 4.69) is 20.4 Å². The largest absolute Gasteiger partial charge is 0.463 e. The molecular weight excluding hydrogens is 324 g/mol. The fourth-order valence-corrected chi connectivity index (χ4v) is 2.53. The van der Waals surface area contributed by atoms with E-state index in [1.165, 1.54) is 24.7 Å². The molecule has 0 unspecified atom stereocenters. The zero-order valence-corrected chi connectivity index (χ0v) is 13.1. The van der Waals surface area contributed by atoms with Crippen molar-refractivity contribution >= 4 is 22.7 Å². The Labute approximate surface area is 140 Å². The molecule has 8 heteroatoms. The highest BCUT2D eigenvalue weighted by atomic mass is 16.5. The average molecular weight is 336 g/mol. The standard InChI is InChI=1S/C17H12N4O4/c1-9-15-10(16(23)19-12-8-18-5-4-13(12)22)7-11(14-3-2-6-24-14)20-17(15)25-21-9/h2-8H,1H3,(H,18,22)(H,19,23). The number of pyridine rings is 2. The number of furan rings is 1. The Kier molecular flexibility index (Phi) is 3.42. The third-order valence-electron chi connectivity index (χ3n) is 3.71. The van der Waals surface area contributed by atoms with E-state index in [0.29, 0.717) is 28.1 Å². The van der Waals surface area contributed by atoms with E-state index < -0.39 is 5.91 Å². The lowest BCUT2D eigenvalue weighted by molar-refractivity contribution is 0.102. The molecule has 0 spiro atoms. The van der Waals surface area contributed by atoms with Crippen molar-refractivity contribution in [3.8, 4) is 11.5 Å². The first-order valence-corrected chi connectivity index (χ1v) is 7.43. The van der Waals surface area contributed by atoms with E-state index in [4.69, 9.17) is 8.94 Å². The average Bonchev–Trinajstić information content (AvgIpc) is 3.26. The number of amides is 1. The van der Waals surface area contributed by atoms with Crippen molar-refractivity contribution in [2.75, 3.05) is 5.32 Å². The number of anilines is 1. The molecule has 0 bridgehead atoms. The maximum Gasteiger partial charge on any atom is 0.259 e. The van der Waals surface area contributed by atoms with E-state index in [9.17, 15) is 9.59 Å². The van der Waals surface area contributed by atoms with E-state index in [-0.39, 0.29) is 16.8 Å². The number of fused-ring (bicyclic) bond motifs is 1. The monoisotopic (exact) mass is 336 g/mol. The summed E-state index contributed by atoms with van der Waals surface area (Å²) in [6.07, 6.45) is 4.42. The molecule has 0 aliphatic carbocycles. The van der Waals surface area contributed by atoms with E-state index in [1.54, 1.807) is 25.1 Å². The summed E-state index contributed by atoms with van der Waals surface area (Å²) in [5.41, 5.74) is 1.31. The van der Waals surface area contributed by atoms with Crippen LogP contribution in [-0.2, 0) is 0 Å². The number of hydrogen-bond donors (Lipinski definition) is 2. The lowest BCUT2D eigenvalue weighted by Gasteiger charge is -2.06. The summed E-state index contributed by atoms with van der Waals surface area (Å²) >= 11 is 0. The van der Waals surface area contributed by atoms with E-state index >= 15 is 0 Å². The van der Waals surface area contributed by atoms with Crippen molar-refractivity contribution in [2.24, 2.45) is 0 Å². The van der Waals surface area contributed by atoms with Crippen molar-refractivity contribution in [2.45, 2.75) is 6.92 Å². The van der Waals surface area contributed by atoms with Crippen LogP contribution in [0.4, 0.5) is 5.69 Å². The van der Waals surface area contributed by atoms with Gasteiger partial charge in [0.2, 0.25) is 5.43 Å². The predicted octanol–water partition coefficient (Wildman–Crippen LogP) is 2.73. The van der Waals surface area contributed by atoms with Gasteiger partial charge in [-0.2, -0.15) is 0 Å². The maximum absolute atomic E-state index is 12.8. The van der Waals surface area contributed by atoms with Gasteiger partial charge in [0.25, 0.3) is 11.6 Å². The molecule has 0 saturated carbocycles. The first kappa shape index (κ1) is 14.9. The Morgan fingerprint density at radius 2 is 2.20 bits per heavy atom. The van der Waals surface area contributed by atoms with Gasteiger partial charge in [0.1, 0.15) is 11.4 Å². The second kappa shape index (κ2) is 5.75. The van der Waals surface area contributed by atoms with Crippen LogP contribution >= 0.6 is 0 Å². The molecule has 4 heterocycles. The van der Waals surface area contributed by atoms with E-state index in [1.807, 2.05) is 0 Å². The van der Waals surface area contributed by atoms with Crippen LogP contribution in [0.25, 0.3) is 22.6 Å². The molecule has 0 aliphatic rings. The minimum absolute atomic E-state index is 0.145. The number of rotatable bonds is 3. The van der Waals surface area contributed by atoms with Crippen LogP contribution in [0.15, 0.2) is 56.7 Å². The molecule has 0 aromatic carbocycles. The summed E-state index contributed by atoms with van der Waals surface area (Å²) in [7, 11) is 0. The highest BCUT2D eigenvalue weighted by molar-refractivity contribution is 6.12. The van der Waals surface area contributed by atoms with Crippen LogP contribution < -0.4 is 10.7 Å². The highest BCUT2D eigenvalue weighted by Gasteiger charge is 2.20. The molecule has 124 valence electrons. The maximum atomic E-state index is 12.8. The second-order valence-corrected chi connectivity index (χ2v) is 5.36. The molecule has 1 amide bonds. The number of carbonyl (C=O) groups is 1. The van der Waals surface area contributed by atoms with Crippen molar-refractivity contribution in [1.29, 1.82) is 0 Å². The molecule has 0 aliphatic heterocycles. The van der Waals surface area contributed by atoms with Crippen molar-refractivity contribution < 1.29 is 13.7 Å². The summed E-state index contributed by atoms with van der Waals surface area (Å²) in [4.78, 5) is 31.7. The number of carbonyl (C=O) groups excluding carboxylic acids is 1. The SMILES string of the molecule is Cc1noc2nc(-c3ccco3)cc(C(=O)Nc3c[nH]ccc3=O)c12. The molecule has 4 aromatic heterocycles. The van der Waals surface area contributed by atoms with Crippen molar-refractivity contribution in [3.05, 3.63) is 64.4 Å². The quantitative estimate of drug-likeness (QED) is 0.594. The van der Waals surface area contributed by atoms with Gasteiger partial charge in [-0.15, -0.1) is 0 Å². The number of nitrogens with zero attached hydrogens (tertiary/aromatic N) is 2. The van der Waals surface area contributed by atoms with Crippen LogP contribution in [0.3, 0.4) is 0 Å². The first-order chi connectivity index (χ1) is 12.1. The number of aromatic nitrogens is 3. The number of aryl methyl sites for hydroxylation is 1. The minimum atomic E-state index is -0.469. The molecule has 0 fully saturated rings. The fourth-order valence-electron chi connectivity index (χ4n) is 2.53. The van der Waals surface area contributed by atoms with Crippen molar-refractivity contribution in [3.63, 3.8) is 0 Å². The van der Waals surface area contributed by atoms with Gasteiger partial charge in [-0.25, -0.2) is 4.98 Å². The summed E-state index contributed by atoms with van der Waals surface area (Å²) in [6.45, 7) is 1.71. The molecule has 0 saturated heterocycles. The van der Waals surface area contributed by atoms with Crippen LogP contribution in [0.2, 0.25) is 0 Å². The zero-order chi connectivity index (χ0) is 17.4. The normalized spacial score (nSPS) is 10.9. The fraction of sp³-hybridized carbons (Fsp3) is 0.0588. The van der Waals surface area contributed by atoms with Gasteiger partial charge in [0.15, 0.2) is 5.76 Å². The van der Waals surface area contributed by atoms with Gasteiger partial charge >= 0.3 is 0 Å². The summed E-state index contributed by atoms with van der Waals surface area (Å²) < 4.78 is 10.5. The lowest BCUT2D eigenvalue weighted by atomic mass is 10.1. The zero-order valence-electron chi connectivity index (χ0n) is 13.1. The Morgan fingerprint density at radius 3 is 2.96 bits per heavy atom. The molecule has 25 heavy (non-hydrogen) atoms. The number of aromatic amines is 1. The Balaban J connectivity index is 1.85. The van der Waals surface area contributed by atoms with Gasteiger partial charge in [0.05, 0.1) is 22.9 Å². The predicted molar refractivity (Wildman–Crippen MR) is 89.3 cm³/mol. The summed E-state index contributed by atoms with van der Waals surface area (Å²) in [5.74, 6) is 0.0192. The Bertz CT molecular complexity index is 1130. The van der Waals surface area contributed by atoms with Gasteiger partial charge in [-0.1, -0.05) is 5.16 Å². The molecular formula is C17H12N4O4. The lowest BCUT2D eigenvalue weighted by Crippen LogP contribution is -2.18. The summed E-state index contributed by atoms with van der Waals surface area (Å²) in [5, 5.41) is 6.95. The van der Waals surface area contributed by atoms with E-state index in [0.717, 1.165) is 0 Å². The number of nitrogens with one attached hydrogen (secondary N) is 2. The third kappa shape index (κ3) is 2.59. The molecule has 8 nitrogen and oxygen atoms in total. The van der Waals surface area contributed by atoms with Gasteiger partial charge in [0, 0.05) is 18.5 Å². The van der Waals surface area contributed by atoms with Crippen molar-refractivity contribution in [1.82, 2.24) is 15.1 Å². The van der Waals surface area contributed by atoms with Gasteiger partial charge in [-0.05, 0) is 25.1 Å². The van der Waals surface area contributed by atoms with Crippen LogP contribution in [0.5, 0.6) is 0 Å². The first-order valence-electron chi connectivity index (χ1n) is 7.43. The Morgan fingerprint density at radius 1 is 1.32 bits per heavy atom. The van der Waals surface area contributed by atoms with Gasteiger partial charge in [-0.3, -0.25) is 9.59 Å². The molecule has 2 N–H and O–H groups in total. The molecule has 4 aromatic rings. The highest BCUT2D eigenvalue weighted by Crippen LogP contribution is 2.27. The van der Waals surface area contributed by atoms with Crippen LogP contribution in [-0.4, -0.2) is 21.0 Å². The second-order valence-electron chi connectivity index (χ2n) is 5.36. The smallest absolute Gasteiger partial charge is 0.259 e. The third-order valence-corrected chi connectivity index (χ3v) is 3.71. The molecule has 4 rings (SSSR count). The summed E-state index contributed by atoms with van der Waals surface area (Å²) in [6, 6.07) is 6.35. The number of H-pyrrole nitrogens is 1. The molecule has 0 atom stereocenters. The molecule has 0 radical (unpaired) electrons. The van der Waals surface area contributed by atoms with Gasteiger partial charge < -0.3 is 19.2 Å². The Hall–Kier alpha value is -3.68. The number of hydrogen-bond acceptors (Lipinski definition) is 6. The minimum Gasteiger partial charge on any atom is -0.463 e. The van der Waals surface area contributed by atoms with Crippen LogP contribution in [0, 0.1) is 6.92 Å². The van der Waals surface area contributed by atoms with Crippen LogP contribution in [0.1, 0.15) is 16.1 Å². The topological polar surface area (TPSA) is 114 Å².